The zero-order valence-electron chi connectivity index (χ0n) is 8.23. The summed E-state index contributed by atoms with van der Waals surface area (Å²) in [6.45, 7) is 0. The Morgan fingerprint density at radius 1 is 1.50 bits per heavy atom. The fourth-order valence-corrected chi connectivity index (χ4v) is 2.29. The van der Waals surface area contributed by atoms with Crippen molar-refractivity contribution < 1.29 is 4.39 Å². The summed E-state index contributed by atoms with van der Waals surface area (Å²) in [5, 5.41) is 3.74. The normalized spacial score (nSPS) is 12.7. The lowest BCUT2D eigenvalue weighted by molar-refractivity contribution is 0.619. The number of nitrogens with zero attached hydrogens (tertiary/aromatic N) is 2. The molecule has 1 unspecified atom stereocenters. The van der Waals surface area contributed by atoms with Crippen LogP contribution < -0.4 is 5.73 Å². The number of hydrogen-bond acceptors (Lipinski definition) is 4. The van der Waals surface area contributed by atoms with E-state index in [1.165, 1.54) is 17.6 Å². The van der Waals surface area contributed by atoms with Gasteiger partial charge in [-0.25, -0.2) is 4.39 Å². The van der Waals surface area contributed by atoms with E-state index in [0.717, 1.165) is 10.4 Å². The lowest BCUT2D eigenvalue weighted by Crippen LogP contribution is -2.11. The second-order valence-corrected chi connectivity index (χ2v) is 5.05. The third kappa shape index (κ3) is 2.63. The Morgan fingerprint density at radius 2 is 2.31 bits per heavy atom. The third-order valence-electron chi connectivity index (χ3n) is 2.18. The van der Waals surface area contributed by atoms with Crippen molar-refractivity contribution in [2.75, 3.05) is 0 Å². The smallest absolute Gasteiger partial charge is 0.137 e. The summed E-state index contributed by atoms with van der Waals surface area (Å²) in [5.41, 5.74) is 6.96. The molecule has 0 bridgehead atoms. The Hall–Kier alpha value is -0.850. The maximum absolute atomic E-state index is 13.0. The van der Waals surface area contributed by atoms with E-state index in [0.29, 0.717) is 10.9 Å². The van der Waals surface area contributed by atoms with Gasteiger partial charge < -0.3 is 5.73 Å². The van der Waals surface area contributed by atoms with E-state index in [1.54, 1.807) is 18.3 Å². The van der Waals surface area contributed by atoms with Crippen LogP contribution in [0.25, 0.3) is 0 Å². The standard InChI is InChI=1S/C10H9BrFN3S/c11-7-3-6(1-2-8(7)12)4-9(13)10-5-14-15-16-10/h1-3,5,9H,4,13H2. The van der Waals surface area contributed by atoms with Crippen LogP contribution in [0, 0.1) is 5.82 Å². The molecule has 0 saturated heterocycles. The number of nitrogens with two attached hydrogens (primary N) is 1. The second kappa shape index (κ2) is 4.99. The molecule has 84 valence electrons. The molecule has 6 heteroatoms. The van der Waals surface area contributed by atoms with Gasteiger partial charge in [0.1, 0.15) is 5.82 Å². The molecule has 0 radical (unpaired) electrons. The molecule has 0 aliphatic carbocycles. The van der Waals surface area contributed by atoms with Crippen molar-refractivity contribution in [3.05, 3.63) is 45.1 Å². The van der Waals surface area contributed by atoms with Crippen molar-refractivity contribution in [3.63, 3.8) is 0 Å². The van der Waals surface area contributed by atoms with Crippen LogP contribution in [0.4, 0.5) is 4.39 Å². The van der Waals surface area contributed by atoms with Gasteiger partial charge in [-0.15, -0.1) is 5.10 Å². The van der Waals surface area contributed by atoms with E-state index < -0.39 is 0 Å². The predicted octanol–water partition coefficient (Wildman–Crippen LogP) is 2.68. The molecule has 1 aromatic carbocycles. The molecule has 1 aromatic heterocycles. The molecule has 0 aliphatic rings. The van der Waals surface area contributed by atoms with Crippen LogP contribution in [-0.4, -0.2) is 9.59 Å². The maximum Gasteiger partial charge on any atom is 0.137 e. The highest BCUT2D eigenvalue weighted by molar-refractivity contribution is 9.10. The molecule has 1 atom stereocenters. The van der Waals surface area contributed by atoms with Gasteiger partial charge in [0.2, 0.25) is 0 Å². The van der Waals surface area contributed by atoms with Gasteiger partial charge in [-0.1, -0.05) is 10.6 Å². The monoisotopic (exact) mass is 301 g/mol. The third-order valence-corrected chi connectivity index (χ3v) is 3.59. The molecule has 0 spiro atoms. The van der Waals surface area contributed by atoms with Crippen LogP contribution in [0.15, 0.2) is 28.9 Å². The number of halogens is 2. The van der Waals surface area contributed by atoms with E-state index in [1.807, 2.05) is 0 Å². The second-order valence-electron chi connectivity index (χ2n) is 3.38. The zero-order chi connectivity index (χ0) is 11.5. The zero-order valence-corrected chi connectivity index (χ0v) is 10.6. The summed E-state index contributed by atoms with van der Waals surface area (Å²) >= 11 is 4.43. The van der Waals surface area contributed by atoms with Crippen molar-refractivity contribution in [1.29, 1.82) is 0 Å². The van der Waals surface area contributed by atoms with Gasteiger partial charge in [0.05, 0.1) is 15.5 Å². The van der Waals surface area contributed by atoms with Crippen molar-refractivity contribution >= 4 is 27.5 Å². The fraction of sp³-hybridized carbons (Fsp3) is 0.200. The average Bonchev–Trinajstić information content (AvgIpc) is 2.77. The summed E-state index contributed by atoms with van der Waals surface area (Å²) in [7, 11) is 0. The molecule has 0 amide bonds. The molecule has 2 rings (SSSR count). The first-order valence-corrected chi connectivity index (χ1v) is 6.20. The minimum Gasteiger partial charge on any atom is -0.323 e. The molecule has 3 nitrogen and oxygen atoms in total. The number of benzene rings is 1. The van der Waals surface area contributed by atoms with Crippen LogP contribution >= 0.6 is 27.5 Å². The molecule has 16 heavy (non-hydrogen) atoms. The topological polar surface area (TPSA) is 51.8 Å². The van der Waals surface area contributed by atoms with Crippen LogP contribution in [0.2, 0.25) is 0 Å². The van der Waals surface area contributed by atoms with Gasteiger partial charge in [-0.2, -0.15) is 0 Å². The summed E-state index contributed by atoms with van der Waals surface area (Å²) in [4.78, 5) is 0.931. The first-order valence-electron chi connectivity index (χ1n) is 4.63. The largest absolute Gasteiger partial charge is 0.323 e. The molecule has 0 fully saturated rings. The number of rotatable bonds is 3. The molecule has 1 heterocycles. The quantitative estimate of drug-likeness (QED) is 0.948. The Morgan fingerprint density at radius 3 is 2.94 bits per heavy atom. The van der Waals surface area contributed by atoms with Crippen molar-refractivity contribution in [1.82, 2.24) is 9.59 Å². The Labute approximate surface area is 105 Å². The van der Waals surface area contributed by atoms with E-state index in [9.17, 15) is 4.39 Å². The van der Waals surface area contributed by atoms with E-state index in [2.05, 4.69) is 25.5 Å². The first kappa shape index (κ1) is 11.6. The van der Waals surface area contributed by atoms with Gasteiger partial charge in [0, 0.05) is 6.04 Å². The number of hydrogen-bond donors (Lipinski definition) is 1. The maximum atomic E-state index is 13.0. The van der Waals surface area contributed by atoms with E-state index in [-0.39, 0.29) is 11.9 Å². The highest BCUT2D eigenvalue weighted by atomic mass is 79.9. The Kier molecular flexibility index (Phi) is 3.63. The van der Waals surface area contributed by atoms with Crippen molar-refractivity contribution in [3.8, 4) is 0 Å². The van der Waals surface area contributed by atoms with Crippen LogP contribution in [-0.2, 0) is 6.42 Å². The van der Waals surface area contributed by atoms with Gasteiger partial charge in [0.15, 0.2) is 0 Å². The SMILES string of the molecule is NC(Cc1ccc(F)c(Br)c1)c1cnns1. The molecule has 0 aliphatic heterocycles. The molecular formula is C10H9BrFN3S. The molecule has 2 aromatic rings. The molecular weight excluding hydrogens is 293 g/mol. The number of aromatic nitrogens is 2. The van der Waals surface area contributed by atoms with E-state index in [4.69, 9.17) is 5.73 Å². The van der Waals surface area contributed by atoms with Gasteiger partial charge in [-0.3, -0.25) is 0 Å². The lowest BCUT2D eigenvalue weighted by atomic mass is 10.1. The fourth-order valence-electron chi connectivity index (χ4n) is 1.36. The van der Waals surface area contributed by atoms with Gasteiger partial charge in [-0.05, 0) is 51.6 Å². The predicted molar refractivity (Wildman–Crippen MR) is 64.6 cm³/mol. The summed E-state index contributed by atoms with van der Waals surface area (Å²) in [6.07, 6.45) is 2.30. The summed E-state index contributed by atoms with van der Waals surface area (Å²) in [5.74, 6) is -0.267. The van der Waals surface area contributed by atoms with E-state index >= 15 is 0 Å². The van der Waals surface area contributed by atoms with Crippen LogP contribution in [0.3, 0.4) is 0 Å². The summed E-state index contributed by atoms with van der Waals surface area (Å²) < 4.78 is 17.2. The highest BCUT2D eigenvalue weighted by Crippen LogP contribution is 2.22. The minimum atomic E-state index is -0.267. The Balaban J connectivity index is 2.12. The highest BCUT2D eigenvalue weighted by Gasteiger charge is 2.10. The van der Waals surface area contributed by atoms with Crippen molar-refractivity contribution in [2.45, 2.75) is 12.5 Å². The molecule has 2 N–H and O–H groups in total. The minimum absolute atomic E-state index is 0.141. The molecule has 0 saturated carbocycles. The van der Waals surface area contributed by atoms with Crippen LogP contribution in [0.1, 0.15) is 16.5 Å². The summed E-state index contributed by atoms with van der Waals surface area (Å²) in [6, 6.07) is 4.76. The average molecular weight is 302 g/mol. The lowest BCUT2D eigenvalue weighted by Gasteiger charge is -2.08. The van der Waals surface area contributed by atoms with Crippen molar-refractivity contribution in [2.24, 2.45) is 5.73 Å². The van der Waals surface area contributed by atoms with Crippen LogP contribution in [0.5, 0.6) is 0 Å². The Bertz CT molecular complexity index is 475. The van der Waals surface area contributed by atoms with Gasteiger partial charge >= 0.3 is 0 Å². The first-order chi connectivity index (χ1) is 7.66. The van der Waals surface area contributed by atoms with Gasteiger partial charge in [0.25, 0.3) is 0 Å².